The molecule has 0 radical (unpaired) electrons. The smallest absolute Gasteiger partial charge is 0.0444 e. The van der Waals surface area contributed by atoms with Crippen LogP contribution in [0.3, 0.4) is 0 Å². The summed E-state index contributed by atoms with van der Waals surface area (Å²) in [6.45, 7) is 8.40. The summed E-state index contributed by atoms with van der Waals surface area (Å²) in [5.74, 6) is 0. The van der Waals surface area contributed by atoms with Gasteiger partial charge >= 0.3 is 0 Å². The average molecular weight is 264 g/mol. The van der Waals surface area contributed by atoms with Crippen LogP contribution in [0.25, 0.3) is 0 Å². The van der Waals surface area contributed by atoms with E-state index in [-0.39, 0.29) is 18.1 Å². The SMILES string of the molecule is CC(C)(C)c1ccc(C(CN)NCCCCO)cc1. The molecule has 1 aromatic rings. The van der Waals surface area contributed by atoms with E-state index in [2.05, 4.69) is 50.4 Å². The number of benzene rings is 1. The van der Waals surface area contributed by atoms with E-state index in [1.54, 1.807) is 0 Å². The molecular weight excluding hydrogens is 236 g/mol. The van der Waals surface area contributed by atoms with Crippen LogP contribution in [-0.4, -0.2) is 24.8 Å². The Balaban J connectivity index is 2.61. The van der Waals surface area contributed by atoms with Gasteiger partial charge in [0.15, 0.2) is 0 Å². The summed E-state index contributed by atoms with van der Waals surface area (Å²) < 4.78 is 0. The molecule has 0 saturated carbocycles. The van der Waals surface area contributed by atoms with Crippen LogP contribution in [0.2, 0.25) is 0 Å². The van der Waals surface area contributed by atoms with Crippen molar-refractivity contribution < 1.29 is 5.11 Å². The molecule has 1 aromatic carbocycles. The van der Waals surface area contributed by atoms with Gasteiger partial charge in [-0.15, -0.1) is 0 Å². The minimum absolute atomic E-state index is 0.186. The maximum atomic E-state index is 8.76. The lowest BCUT2D eigenvalue weighted by atomic mass is 9.86. The predicted molar refractivity (Wildman–Crippen MR) is 81.3 cm³/mol. The quantitative estimate of drug-likeness (QED) is 0.663. The minimum atomic E-state index is 0.186. The maximum Gasteiger partial charge on any atom is 0.0444 e. The van der Waals surface area contributed by atoms with E-state index in [1.165, 1.54) is 11.1 Å². The number of hydrogen-bond acceptors (Lipinski definition) is 3. The van der Waals surface area contributed by atoms with E-state index in [1.807, 2.05) is 0 Å². The molecule has 0 aromatic heterocycles. The van der Waals surface area contributed by atoms with Crippen LogP contribution in [0.1, 0.15) is 50.8 Å². The number of rotatable bonds is 7. The molecule has 0 aliphatic heterocycles. The van der Waals surface area contributed by atoms with Crippen molar-refractivity contribution in [3.05, 3.63) is 35.4 Å². The van der Waals surface area contributed by atoms with Gasteiger partial charge in [0.1, 0.15) is 0 Å². The molecule has 0 spiro atoms. The Morgan fingerprint density at radius 1 is 1.16 bits per heavy atom. The van der Waals surface area contributed by atoms with Crippen LogP contribution in [0, 0.1) is 0 Å². The van der Waals surface area contributed by atoms with Crippen molar-refractivity contribution in [2.75, 3.05) is 19.7 Å². The van der Waals surface area contributed by atoms with Crippen LogP contribution in [-0.2, 0) is 5.41 Å². The van der Waals surface area contributed by atoms with Gasteiger partial charge in [0, 0.05) is 19.2 Å². The highest BCUT2D eigenvalue weighted by Crippen LogP contribution is 2.23. The highest BCUT2D eigenvalue weighted by Gasteiger charge is 2.14. The van der Waals surface area contributed by atoms with Crippen molar-refractivity contribution in [2.45, 2.75) is 45.1 Å². The topological polar surface area (TPSA) is 58.3 Å². The molecule has 3 heteroatoms. The first-order valence-electron chi connectivity index (χ1n) is 7.13. The highest BCUT2D eigenvalue weighted by molar-refractivity contribution is 5.29. The minimum Gasteiger partial charge on any atom is -0.396 e. The first kappa shape index (κ1) is 16.2. The fourth-order valence-corrected chi connectivity index (χ4v) is 2.07. The zero-order valence-electron chi connectivity index (χ0n) is 12.4. The van der Waals surface area contributed by atoms with Gasteiger partial charge in [0.2, 0.25) is 0 Å². The third-order valence-electron chi connectivity index (χ3n) is 3.39. The number of unbranched alkanes of at least 4 members (excludes halogenated alkanes) is 1. The zero-order chi connectivity index (χ0) is 14.3. The van der Waals surface area contributed by atoms with Gasteiger partial charge in [-0.05, 0) is 35.9 Å². The number of aliphatic hydroxyl groups excluding tert-OH is 1. The molecule has 0 heterocycles. The average Bonchev–Trinajstić information content (AvgIpc) is 2.38. The monoisotopic (exact) mass is 264 g/mol. The summed E-state index contributed by atoms with van der Waals surface area (Å²) in [6.07, 6.45) is 1.82. The Morgan fingerprint density at radius 3 is 2.26 bits per heavy atom. The van der Waals surface area contributed by atoms with Crippen LogP contribution >= 0.6 is 0 Å². The van der Waals surface area contributed by atoms with Crippen molar-refractivity contribution >= 4 is 0 Å². The molecule has 0 saturated heterocycles. The molecule has 3 nitrogen and oxygen atoms in total. The Hall–Kier alpha value is -0.900. The molecule has 19 heavy (non-hydrogen) atoms. The van der Waals surface area contributed by atoms with E-state index < -0.39 is 0 Å². The van der Waals surface area contributed by atoms with Gasteiger partial charge in [-0.2, -0.15) is 0 Å². The molecule has 1 rings (SSSR count). The molecule has 108 valence electrons. The van der Waals surface area contributed by atoms with E-state index >= 15 is 0 Å². The van der Waals surface area contributed by atoms with Crippen molar-refractivity contribution in [3.63, 3.8) is 0 Å². The first-order valence-corrected chi connectivity index (χ1v) is 7.13. The van der Waals surface area contributed by atoms with Gasteiger partial charge in [-0.25, -0.2) is 0 Å². The van der Waals surface area contributed by atoms with Crippen molar-refractivity contribution in [1.82, 2.24) is 5.32 Å². The third-order valence-corrected chi connectivity index (χ3v) is 3.39. The summed E-state index contributed by atoms with van der Waals surface area (Å²) in [5.41, 5.74) is 8.59. The molecule has 1 unspecified atom stereocenters. The second kappa shape index (κ2) is 7.63. The molecular formula is C16H28N2O. The Morgan fingerprint density at radius 2 is 1.79 bits per heavy atom. The van der Waals surface area contributed by atoms with E-state index in [0.717, 1.165) is 19.4 Å². The van der Waals surface area contributed by atoms with E-state index in [4.69, 9.17) is 10.8 Å². The molecule has 0 bridgehead atoms. The number of hydrogen-bond donors (Lipinski definition) is 3. The Labute approximate surface area is 117 Å². The normalized spacial score (nSPS) is 13.5. The van der Waals surface area contributed by atoms with Gasteiger partial charge in [0.05, 0.1) is 0 Å². The molecule has 0 aliphatic rings. The molecule has 0 amide bonds. The number of nitrogens with two attached hydrogens (primary N) is 1. The molecule has 1 atom stereocenters. The van der Waals surface area contributed by atoms with Crippen molar-refractivity contribution in [3.8, 4) is 0 Å². The summed E-state index contributed by atoms with van der Waals surface area (Å²) in [5, 5.41) is 12.2. The van der Waals surface area contributed by atoms with E-state index in [9.17, 15) is 0 Å². The number of nitrogens with one attached hydrogen (secondary N) is 1. The summed E-state index contributed by atoms with van der Waals surface area (Å²) in [7, 11) is 0. The molecule has 0 aliphatic carbocycles. The van der Waals surface area contributed by atoms with Crippen LogP contribution in [0.15, 0.2) is 24.3 Å². The summed E-state index contributed by atoms with van der Waals surface area (Å²) >= 11 is 0. The molecule has 4 N–H and O–H groups in total. The Bertz CT molecular complexity index is 354. The number of aliphatic hydroxyl groups is 1. The summed E-state index contributed by atoms with van der Waals surface area (Å²) in [4.78, 5) is 0. The van der Waals surface area contributed by atoms with Gasteiger partial charge < -0.3 is 16.2 Å². The van der Waals surface area contributed by atoms with Crippen LogP contribution < -0.4 is 11.1 Å². The molecule has 0 fully saturated rings. The lowest BCUT2D eigenvalue weighted by Gasteiger charge is -2.21. The van der Waals surface area contributed by atoms with Gasteiger partial charge in [-0.1, -0.05) is 45.0 Å². The highest BCUT2D eigenvalue weighted by atomic mass is 16.2. The fourth-order valence-electron chi connectivity index (χ4n) is 2.07. The standard InChI is InChI=1S/C16H28N2O/c1-16(2,3)14-8-6-13(7-9-14)15(12-17)18-10-4-5-11-19/h6-9,15,18-19H,4-5,10-12,17H2,1-3H3. The maximum absolute atomic E-state index is 8.76. The third kappa shape index (κ3) is 5.31. The summed E-state index contributed by atoms with van der Waals surface area (Å²) in [6, 6.07) is 8.91. The zero-order valence-corrected chi connectivity index (χ0v) is 12.4. The van der Waals surface area contributed by atoms with Crippen molar-refractivity contribution in [1.29, 1.82) is 0 Å². The van der Waals surface area contributed by atoms with Crippen LogP contribution in [0.4, 0.5) is 0 Å². The van der Waals surface area contributed by atoms with Crippen LogP contribution in [0.5, 0.6) is 0 Å². The van der Waals surface area contributed by atoms with Gasteiger partial charge in [-0.3, -0.25) is 0 Å². The first-order chi connectivity index (χ1) is 8.99. The van der Waals surface area contributed by atoms with Gasteiger partial charge in [0.25, 0.3) is 0 Å². The largest absolute Gasteiger partial charge is 0.396 e. The second-order valence-electron chi connectivity index (χ2n) is 6.05. The van der Waals surface area contributed by atoms with Crippen molar-refractivity contribution in [2.24, 2.45) is 5.73 Å². The second-order valence-corrected chi connectivity index (χ2v) is 6.05. The predicted octanol–water partition coefficient (Wildman–Crippen LogP) is 2.35. The fraction of sp³-hybridized carbons (Fsp3) is 0.625. The lowest BCUT2D eigenvalue weighted by molar-refractivity contribution is 0.282. The lowest BCUT2D eigenvalue weighted by Crippen LogP contribution is -2.29. The van der Waals surface area contributed by atoms with E-state index in [0.29, 0.717) is 6.54 Å². The Kier molecular flexibility index (Phi) is 6.49.